The van der Waals surface area contributed by atoms with Crippen molar-refractivity contribution in [2.24, 2.45) is 0 Å². The Kier molecular flexibility index (Phi) is 4.77. The molecule has 2 aromatic heterocycles. The summed E-state index contributed by atoms with van der Waals surface area (Å²) in [6, 6.07) is 14.8. The maximum absolute atomic E-state index is 12.5. The molecule has 152 valence electrons. The number of hydrogen-bond donors (Lipinski definition) is 1. The summed E-state index contributed by atoms with van der Waals surface area (Å²) in [5.74, 6) is 0.835. The lowest BCUT2D eigenvalue weighted by Crippen LogP contribution is -2.21. The van der Waals surface area contributed by atoms with E-state index in [2.05, 4.69) is 27.2 Å². The topological polar surface area (TPSA) is 76.0 Å². The molecular formula is C22H20ClN5O2. The molecular weight excluding hydrogens is 402 g/mol. The number of hydrogen-bond acceptors (Lipinski definition) is 5. The van der Waals surface area contributed by atoms with Gasteiger partial charge in [0.05, 0.1) is 17.4 Å². The highest BCUT2D eigenvalue weighted by Crippen LogP contribution is 2.23. The van der Waals surface area contributed by atoms with Crippen molar-refractivity contribution in [3.63, 3.8) is 0 Å². The number of aromatic nitrogens is 4. The van der Waals surface area contributed by atoms with Crippen molar-refractivity contribution in [3.8, 4) is 22.7 Å². The fourth-order valence-electron chi connectivity index (χ4n) is 3.74. The summed E-state index contributed by atoms with van der Waals surface area (Å²) < 4.78 is 7.68. The molecule has 8 heteroatoms. The van der Waals surface area contributed by atoms with Crippen LogP contribution in [0.15, 0.2) is 59.5 Å². The fraction of sp³-hybridized carbons (Fsp3) is 0.227. The molecule has 0 radical (unpaired) electrons. The van der Waals surface area contributed by atoms with Crippen LogP contribution in [0.25, 0.3) is 27.8 Å². The van der Waals surface area contributed by atoms with E-state index in [-0.39, 0.29) is 11.7 Å². The van der Waals surface area contributed by atoms with Gasteiger partial charge in [0.2, 0.25) is 0 Å². The Balaban J connectivity index is 1.39. The first kappa shape index (κ1) is 18.8. The Morgan fingerprint density at radius 3 is 2.77 bits per heavy atom. The fourth-order valence-corrected chi connectivity index (χ4v) is 3.92. The van der Waals surface area contributed by atoms with Crippen LogP contribution in [-0.2, 0) is 0 Å². The maximum Gasteiger partial charge on any atom is 0.258 e. The molecule has 30 heavy (non-hydrogen) atoms. The number of fused-ring (bicyclic) bond motifs is 1. The van der Waals surface area contributed by atoms with E-state index in [1.165, 1.54) is 0 Å². The second-order valence-corrected chi connectivity index (χ2v) is 8.01. The van der Waals surface area contributed by atoms with Crippen LogP contribution >= 0.6 is 11.6 Å². The Labute approximate surface area is 177 Å². The highest BCUT2D eigenvalue weighted by atomic mass is 35.5. The summed E-state index contributed by atoms with van der Waals surface area (Å²) in [4.78, 5) is 17.6. The lowest BCUT2D eigenvalue weighted by atomic mass is 10.1. The zero-order valence-corrected chi connectivity index (χ0v) is 17.1. The van der Waals surface area contributed by atoms with Crippen molar-refractivity contribution in [1.29, 1.82) is 0 Å². The van der Waals surface area contributed by atoms with Crippen LogP contribution in [0.1, 0.15) is 6.42 Å². The highest BCUT2D eigenvalue weighted by molar-refractivity contribution is 6.31. The average molecular weight is 422 g/mol. The second-order valence-electron chi connectivity index (χ2n) is 7.58. The molecule has 1 N–H and O–H groups in total. The summed E-state index contributed by atoms with van der Waals surface area (Å²) in [5.41, 5.74) is 2.28. The predicted octanol–water partition coefficient (Wildman–Crippen LogP) is 3.51. The molecule has 0 unspecified atom stereocenters. The van der Waals surface area contributed by atoms with Gasteiger partial charge in [-0.2, -0.15) is 0 Å². The van der Waals surface area contributed by atoms with Crippen molar-refractivity contribution in [2.75, 3.05) is 20.1 Å². The molecule has 1 aliphatic heterocycles. The van der Waals surface area contributed by atoms with Crippen LogP contribution in [0.5, 0.6) is 5.75 Å². The normalized spacial score (nSPS) is 16.9. The van der Waals surface area contributed by atoms with Gasteiger partial charge in [0.15, 0.2) is 0 Å². The van der Waals surface area contributed by atoms with E-state index in [0.29, 0.717) is 16.3 Å². The number of aromatic amines is 1. The summed E-state index contributed by atoms with van der Waals surface area (Å²) in [5, 5.41) is 9.82. The number of pyridine rings is 1. The molecule has 0 bridgehead atoms. The molecule has 0 aliphatic carbocycles. The first-order chi connectivity index (χ1) is 14.5. The van der Waals surface area contributed by atoms with Gasteiger partial charge in [-0.1, -0.05) is 16.8 Å². The molecule has 3 heterocycles. The third-order valence-corrected chi connectivity index (χ3v) is 5.56. The molecule has 5 rings (SSSR count). The van der Waals surface area contributed by atoms with E-state index in [9.17, 15) is 4.79 Å². The summed E-state index contributed by atoms with van der Waals surface area (Å²) >= 11 is 6.08. The SMILES string of the molecule is CN1CC[C@@H](Oc2ccc(-n3cc(-c4cc5cc(Cl)ccc5[nH]c4=O)nn3)cc2)C1. The number of likely N-dealkylation sites (N-methyl/N-ethyl adjacent to an activating group) is 1. The van der Waals surface area contributed by atoms with Crippen LogP contribution in [0.3, 0.4) is 0 Å². The van der Waals surface area contributed by atoms with Gasteiger partial charge in [0.1, 0.15) is 17.5 Å². The monoisotopic (exact) mass is 421 g/mol. The second kappa shape index (κ2) is 7.59. The highest BCUT2D eigenvalue weighted by Gasteiger charge is 2.20. The number of halogens is 1. The average Bonchev–Trinajstić information content (AvgIpc) is 3.38. The zero-order valence-electron chi connectivity index (χ0n) is 16.4. The number of rotatable bonds is 4. The molecule has 1 aliphatic rings. The molecule has 0 amide bonds. The van der Waals surface area contributed by atoms with E-state index in [4.69, 9.17) is 16.3 Å². The summed E-state index contributed by atoms with van der Waals surface area (Å²) in [7, 11) is 2.10. The van der Waals surface area contributed by atoms with Gasteiger partial charge in [0.25, 0.3) is 5.56 Å². The van der Waals surface area contributed by atoms with Crippen LogP contribution in [0.2, 0.25) is 5.02 Å². The molecule has 2 aromatic carbocycles. The van der Waals surface area contributed by atoms with Crippen molar-refractivity contribution in [2.45, 2.75) is 12.5 Å². The van der Waals surface area contributed by atoms with Gasteiger partial charge in [-0.25, -0.2) is 4.68 Å². The lowest BCUT2D eigenvalue weighted by Gasteiger charge is -2.14. The molecule has 4 aromatic rings. The van der Waals surface area contributed by atoms with E-state index in [1.54, 1.807) is 29.1 Å². The summed E-state index contributed by atoms with van der Waals surface area (Å²) in [6.07, 6.45) is 3.01. The van der Waals surface area contributed by atoms with Gasteiger partial charge in [-0.05, 0) is 62.0 Å². The van der Waals surface area contributed by atoms with Crippen molar-refractivity contribution >= 4 is 22.5 Å². The van der Waals surface area contributed by atoms with Crippen LogP contribution in [0, 0.1) is 0 Å². The maximum atomic E-state index is 12.5. The minimum Gasteiger partial charge on any atom is -0.489 e. The van der Waals surface area contributed by atoms with E-state index in [0.717, 1.165) is 41.9 Å². The van der Waals surface area contributed by atoms with Crippen molar-refractivity contribution in [1.82, 2.24) is 24.9 Å². The Hall–Kier alpha value is -3.16. The van der Waals surface area contributed by atoms with Crippen molar-refractivity contribution < 1.29 is 4.74 Å². The number of benzene rings is 2. The largest absolute Gasteiger partial charge is 0.489 e. The number of ether oxygens (including phenoxy) is 1. The quantitative estimate of drug-likeness (QED) is 0.545. The third kappa shape index (κ3) is 3.69. The van der Waals surface area contributed by atoms with Gasteiger partial charge < -0.3 is 14.6 Å². The molecule has 7 nitrogen and oxygen atoms in total. The Morgan fingerprint density at radius 1 is 1.17 bits per heavy atom. The standard InChI is InChI=1S/C22H20ClN5O2/c1-27-9-8-18(12-27)30-17-5-3-16(4-6-17)28-13-21(25-26-28)19-11-14-10-15(23)2-7-20(14)24-22(19)29/h2-7,10-11,13,18H,8-9,12H2,1H3,(H,24,29)/t18-/m1/s1. The molecule has 1 fully saturated rings. The molecule has 1 atom stereocenters. The van der Waals surface area contributed by atoms with Gasteiger partial charge in [0, 0.05) is 29.0 Å². The van der Waals surface area contributed by atoms with Crippen molar-refractivity contribution in [3.05, 3.63) is 70.1 Å². The minimum atomic E-state index is -0.220. The smallest absolute Gasteiger partial charge is 0.258 e. The lowest BCUT2D eigenvalue weighted by molar-refractivity contribution is 0.208. The minimum absolute atomic E-state index is 0.220. The predicted molar refractivity (Wildman–Crippen MR) is 116 cm³/mol. The molecule has 0 saturated carbocycles. The number of nitrogens with one attached hydrogen (secondary N) is 1. The number of H-pyrrole nitrogens is 1. The molecule has 0 spiro atoms. The Morgan fingerprint density at radius 2 is 2.00 bits per heavy atom. The summed E-state index contributed by atoms with van der Waals surface area (Å²) in [6.45, 7) is 2.00. The first-order valence-corrected chi connectivity index (χ1v) is 10.1. The van der Waals surface area contributed by atoms with E-state index < -0.39 is 0 Å². The van der Waals surface area contributed by atoms with E-state index >= 15 is 0 Å². The third-order valence-electron chi connectivity index (χ3n) is 5.33. The van der Waals surface area contributed by atoms with E-state index in [1.807, 2.05) is 30.3 Å². The van der Waals surface area contributed by atoms with Gasteiger partial charge in [-0.3, -0.25) is 4.79 Å². The van der Waals surface area contributed by atoms with Crippen LogP contribution in [-0.4, -0.2) is 51.1 Å². The zero-order chi connectivity index (χ0) is 20.7. The Bertz CT molecular complexity index is 1260. The van der Waals surface area contributed by atoms with Crippen LogP contribution in [0.4, 0.5) is 0 Å². The molecule has 1 saturated heterocycles. The van der Waals surface area contributed by atoms with Gasteiger partial charge in [-0.15, -0.1) is 5.10 Å². The first-order valence-electron chi connectivity index (χ1n) is 9.76. The number of nitrogens with zero attached hydrogens (tertiary/aromatic N) is 4. The van der Waals surface area contributed by atoms with Crippen LogP contribution < -0.4 is 10.3 Å². The van der Waals surface area contributed by atoms with Gasteiger partial charge >= 0.3 is 0 Å². The number of likely N-dealkylation sites (tertiary alicyclic amines) is 1.